The van der Waals surface area contributed by atoms with Crippen molar-refractivity contribution in [1.82, 2.24) is 5.32 Å². The van der Waals surface area contributed by atoms with Gasteiger partial charge in [0.1, 0.15) is 0 Å². The molecule has 0 atom stereocenters. The normalized spacial score (nSPS) is 38.5. The molecule has 4 rings (SSSR count). The second kappa shape index (κ2) is 5.49. The number of amides is 1. The van der Waals surface area contributed by atoms with E-state index >= 15 is 0 Å². The van der Waals surface area contributed by atoms with Crippen LogP contribution in [0.3, 0.4) is 0 Å². The average Bonchev–Trinajstić information content (AvgIpc) is 2.22. The maximum absolute atomic E-state index is 12.2. The Labute approximate surface area is 128 Å². The number of rotatable bonds is 4. The smallest absolute Gasteiger partial charge is 0.220 e. The highest BCUT2D eigenvalue weighted by molar-refractivity contribution is 5.85. The fourth-order valence-corrected chi connectivity index (χ4v) is 5.24. The summed E-state index contributed by atoms with van der Waals surface area (Å²) >= 11 is 0. The van der Waals surface area contributed by atoms with Crippen LogP contribution in [-0.2, 0) is 4.79 Å². The number of carbonyl (C=O) groups excluding carboxylic acids is 1. The molecule has 0 radical (unpaired) electrons. The molecule has 0 aromatic heterocycles. The highest BCUT2D eigenvalue weighted by atomic mass is 35.5. The monoisotopic (exact) mass is 300 g/mol. The van der Waals surface area contributed by atoms with Crippen molar-refractivity contribution < 1.29 is 4.79 Å². The summed E-state index contributed by atoms with van der Waals surface area (Å²) in [5.74, 6) is 2.99. The molecular weight excluding hydrogens is 272 g/mol. The van der Waals surface area contributed by atoms with E-state index in [1.54, 1.807) is 0 Å². The van der Waals surface area contributed by atoms with Crippen molar-refractivity contribution in [3.05, 3.63) is 0 Å². The molecule has 4 saturated carbocycles. The van der Waals surface area contributed by atoms with Crippen LogP contribution in [0.5, 0.6) is 0 Å². The van der Waals surface area contributed by atoms with Gasteiger partial charge in [0.25, 0.3) is 0 Å². The molecule has 4 bridgehead atoms. The van der Waals surface area contributed by atoms with E-state index in [9.17, 15) is 4.79 Å². The fourth-order valence-electron chi connectivity index (χ4n) is 5.24. The van der Waals surface area contributed by atoms with Gasteiger partial charge >= 0.3 is 0 Å². The van der Waals surface area contributed by atoms with Gasteiger partial charge in [-0.05, 0) is 75.5 Å². The van der Waals surface area contributed by atoms with Gasteiger partial charge in [0.15, 0.2) is 0 Å². The Kier molecular flexibility index (Phi) is 4.42. The van der Waals surface area contributed by atoms with E-state index < -0.39 is 0 Å². The van der Waals surface area contributed by atoms with Crippen molar-refractivity contribution in [3.8, 4) is 0 Å². The fraction of sp³-hybridized carbons (Fsp3) is 0.938. The molecule has 0 aromatic carbocycles. The number of carbonyl (C=O) groups is 1. The first-order valence-electron chi connectivity index (χ1n) is 7.89. The van der Waals surface area contributed by atoms with Crippen LogP contribution in [0.2, 0.25) is 0 Å². The molecule has 0 spiro atoms. The number of nitrogens with one attached hydrogen (secondary N) is 1. The van der Waals surface area contributed by atoms with E-state index in [0.717, 1.165) is 24.2 Å². The van der Waals surface area contributed by atoms with Crippen LogP contribution in [0.15, 0.2) is 0 Å². The highest BCUT2D eigenvalue weighted by Crippen LogP contribution is 2.61. The van der Waals surface area contributed by atoms with Crippen LogP contribution >= 0.6 is 12.4 Å². The van der Waals surface area contributed by atoms with Crippen LogP contribution in [0, 0.1) is 23.2 Å². The molecule has 4 aliphatic carbocycles. The summed E-state index contributed by atoms with van der Waals surface area (Å²) in [7, 11) is 0. The zero-order valence-corrected chi connectivity index (χ0v) is 13.6. The summed E-state index contributed by atoms with van der Waals surface area (Å²) in [6.45, 7) is 4.49. The third-order valence-electron chi connectivity index (χ3n) is 5.44. The summed E-state index contributed by atoms with van der Waals surface area (Å²) in [6, 6.07) is 0. The van der Waals surface area contributed by atoms with E-state index in [0.29, 0.717) is 12.0 Å². The minimum atomic E-state index is -0.308. The van der Waals surface area contributed by atoms with Crippen LogP contribution in [0.4, 0.5) is 0 Å². The van der Waals surface area contributed by atoms with Crippen molar-refractivity contribution in [3.63, 3.8) is 0 Å². The van der Waals surface area contributed by atoms with E-state index in [2.05, 4.69) is 5.32 Å². The number of hydrogen-bond donors (Lipinski definition) is 2. The summed E-state index contributed by atoms with van der Waals surface area (Å²) in [5, 5.41) is 3.03. The van der Waals surface area contributed by atoms with Crippen LogP contribution in [0.1, 0.15) is 58.8 Å². The molecule has 1 amide bonds. The Bertz CT molecular complexity index is 340. The summed E-state index contributed by atoms with van der Waals surface area (Å²) in [4.78, 5) is 12.2. The second-order valence-electron chi connectivity index (χ2n) is 8.36. The molecule has 4 aliphatic rings. The van der Waals surface area contributed by atoms with Gasteiger partial charge in [0.2, 0.25) is 5.91 Å². The van der Waals surface area contributed by atoms with E-state index in [4.69, 9.17) is 5.73 Å². The third-order valence-corrected chi connectivity index (χ3v) is 5.44. The lowest BCUT2D eigenvalue weighted by Gasteiger charge is -2.56. The van der Waals surface area contributed by atoms with Gasteiger partial charge < -0.3 is 11.1 Å². The van der Waals surface area contributed by atoms with Crippen LogP contribution < -0.4 is 11.1 Å². The van der Waals surface area contributed by atoms with Gasteiger partial charge in [-0.1, -0.05) is 0 Å². The van der Waals surface area contributed by atoms with Crippen molar-refractivity contribution in [2.45, 2.75) is 64.3 Å². The van der Waals surface area contributed by atoms with Gasteiger partial charge in [-0.25, -0.2) is 0 Å². The maximum Gasteiger partial charge on any atom is 0.220 e. The number of nitrogens with two attached hydrogens (primary N) is 1. The molecule has 20 heavy (non-hydrogen) atoms. The topological polar surface area (TPSA) is 55.1 Å². The van der Waals surface area contributed by atoms with Crippen molar-refractivity contribution in [1.29, 1.82) is 0 Å². The summed E-state index contributed by atoms with van der Waals surface area (Å²) in [5.41, 5.74) is 5.97. The Hall–Kier alpha value is -0.280. The predicted octanol–water partition coefficient (Wildman–Crippen LogP) is 2.87. The first-order valence-corrected chi connectivity index (χ1v) is 7.89. The maximum atomic E-state index is 12.2. The average molecular weight is 301 g/mol. The number of halogens is 1. The molecule has 0 aromatic rings. The van der Waals surface area contributed by atoms with Crippen LogP contribution in [-0.4, -0.2) is 18.0 Å². The third kappa shape index (κ3) is 3.48. The SMILES string of the molecule is CC(C)(N)CNC(=O)CC12CC3CC(CC(C3)C1)C2.Cl. The molecule has 116 valence electrons. The lowest BCUT2D eigenvalue weighted by atomic mass is 9.49. The van der Waals surface area contributed by atoms with E-state index in [-0.39, 0.29) is 23.9 Å². The van der Waals surface area contributed by atoms with E-state index in [1.165, 1.54) is 38.5 Å². The van der Waals surface area contributed by atoms with Gasteiger partial charge in [-0.15, -0.1) is 12.4 Å². The largest absolute Gasteiger partial charge is 0.354 e. The zero-order valence-electron chi connectivity index (χ0n) is 12.8. The Morgan fingerprint density at radius 2 is 1.60 bits per heavy atom. The highest BCUT2D eigenvalue weighted by Gasteiger charge is 2.51. The lowest BCUT2D eigenvalue weighted by Crippen LogP contribution is -2.50. The quantitative estimate of drug-likeness (QED) is 0.839. The minimum absolute atomic E-state index is 0. The Morgan fingerprint density at radius 1 is 1.15 bits per heavy atom. The predicted molar refractivity (Wildman–Crippen MR) is 83.7 cm³/mol. The first kappa shape index (κ1) is 16.1. The second-order valence-corrected chi connectivity index (χ2v) is 8.36. The number of hydrogen-bond acceptors (Lipinski definition) is 2. The van der Waals surface area contributed by atoms with Gasteiger partial charge in [0.05, 0.1) is 0 Å². The first-order chi connectivity index (χ1) is 8.84. The molecule has 0 unspecified atom stereocenters. The standard InChI is InChI=1S/C16H28N2O.ClH/c1-15(2,17)10-18-14(19)9-16-6-11-3-12(7-16)5-13(4-11)8-16;/h11-13H,3-10,17H2,1-2H3,(H,18,19);1H. The van der Waals surface area contributed by atoms with Crippen molar-refractivity contribution >= 4 is 18.3 Å². The van der Waals surface area contributed by atoms with Crippen molar-refractivity contribution in [2.24, 2.45) is 28.9 Å². The molecular formula is C16H29ClN2O. The molecule has 3 nitrogen and oxygen atoms in total. The lowest BCUT2D eigenvalue weighted by molar-refractivity contribution is -0.129. The molecule has 0 aliphatic heterocycles. The molecule has 4 fully saturated rings. The van der Waals surface area contributed by atoms with E-state index in [1.807, 2.05) is 13.8 Å². The summed E-state index contributed by atoms with van der Waals surface area (Å²) in [6.07, 6.45) is 8.98. The Morgan fingerprint density at radius 3 is 2.00 bits per heavy atom. The molecule has 0 heterocycles. The minimum Gasteiger partial charge on any atom is -0.354 e. The van der Waals surface area contributed by atoms with Crippen LogP contribution in [0.25, 0.3) is 0 Å². The molecule has 4 heteroatoms. The molecule has 0 saturated heterocycles. The molecule has 3 N–H and O–H groups in total. The van der Waals surface area contributed by atoms with Gasteiger partial charge in [0, 0.05) is 18.5 Å². The summed E-state index contributed by atoms with van der Waals surface area (Å²) < 4.78 is 0. The Balaban J connectivity index is 0.00000147. The van der Waals surface area contributed by atoms with Gasteiger partial charge in [-0.3, -0.25) is 4.79 Å². The zero-order chi connectivity index (χ0) is 13.7. The van der Waals surface area contributed by atoms with Gasteiger partial charge in [-0.2, -0.15) is 0 Å². The van der Waals surface area contributed by atoms with Crippen molar-refractivity contribution in [2.75, 3.05) is 6.54 Å².